The fourth-order valence-electron chi connectivity index (χ4n) is 3.77. The minimum absolute atomic E-state index is 0.157. The number of amides is 1. The summed E-state index contributed by atoms with van der Waals surface area (Å²) in [5.41, 5.74) is 4.28. The molecule has 0 bridgehead atoms. The van der Waals surface area contributed by atoms with Crippen molar-refractivity contribution in [2.24, 2.45) is 0 Å². The predicted octanol–water partition coefficient (Wildman–Crippen LogP) is 4.66. The average molecular weight is 374 g/mol. The van der Waals surface area contributed by atoms with Crippen LogP contribution in [0.5, 0.6) is 0 Å². The van der Waals surface area contributed by atoms with E-state index >= 15 is 0 Å². The second-order valence-corrected chi connectivity index (χ2v) is 7.08. The third kappa shape index (κ3) is 2.71. The molecule has 2 aromatic carbocycles. The molecule has 0 aliphatic heterocycles. The SMILES string of the molecule is CCn1c(C(=O)N(C)c2cc(C)ccc2C)cc2c(=O)oc3ccccc3c21. The van der Waals surface area contributed by atoms with Crippen LogP contribution in [-0.4, -0.2) is 17.5 Å². The Balaban J connectivity index is 1.95. The van der Waals surface area contributed by atoms with Crippen molar-refractivity contribution in [1.82, 2.24) is 4.57 Å². The molecular formula is C23H22N2O3. The molecular weight excluding hydrogens is 352 g/mol. The third-order valence-electron chi connectivity index (χ3n) is 5.23. The van der Waals surface area contributed by atoms with E-state index < -0.39 is 5.63 Å². The second kappa shape index (κ2) is 6.68. The topological polar surface area (TPSA) is 55.5 Å². The summed E-state index contributed by atoms with van der Waals surface area (Å²) in [6.45, 7) is 6.52. The number of benzene rings is 2. The van der Waals surface area contributed by atoms with Crippen LogP contribution in [0.25, 0.3) is 21.9 Å². The molecule has 0 unspecified atom stereocenters. The van der Waals surface area contributed by atoms with Gasteiger partial charge in [-0.05, 0) is 56.2 Å². The predicted molar refractivity (Wildman–Crippen MR) is 112 cm³/mol. The molecule has 0 atom stereocenters. The number of carbonyl (C=O) groups excluding carboxylic acids is 1. The Kier molecular flexibility index (Phi) is 4.30. The zero-order valence-corrected chi connectivity index (χ0v) is 16.4. The molecule has 0 saturated carbocycles. The summed E-state index contributed by atoms with van der Waals surface area (Å²) < 4.78 is 7.35. The van der Waals surface area contributed by atoms with Crippen LogP contribution in [0.3, 0.4) is 0 Å². The Morgan fingerprint density at radius 3 is 2.57 bits per heavy atom. The Labute approximate surface area is 162 Å². The molecule has 0 spiro atoms. The highest BCUT2D eigenvalue weighted by atomic mass is 16.4. The fraction of sp³-hybridized carbons (Fsp3) is 0.217. The number of para-hydroxylation sites is 1. The highest BCUT2D eigenvalue weighted by Crippen LogP contribution is 2.28. The highest BCUT2D eigenvalue weighted by Gasteiger charge is 2.23. The summed E-state index contributed by atoms with van der Waals surface area (Å²) >= 11 is 0. The van der Waals surface area contributed by atoms with Gasteiger partial charge in [-0.1, -0.05) is 24.3 Å². The van der Waals surface area contributed by atoms with E-state index in [1.165, 1.54) is 0 Å². The van der Waals surface area contributed by atoms with Crippen LogP contribution in [-0.2, 0) is 6.54 Å². The first kappa shape index (κ1) is 18.0. The quantitative estimate of drug-likeness (QED) is 0.490. The van der Waals surface area contributed by atoms with Crippen molar-refractivity contribution >= 4 is 33.5 Å². The molecule has 5 nitrogen and oxygen atoms in total. The first-order valence-electron chi connectivity index (χ1n) is 9.32. The van der Waals surface area contributed by atoms with E-state index in [4.69, 9.17) is 4.42 Å². The smallest absolute Gasteiger partial charge is 0.345 e. The maximum Gasteiger partial charge on any atom is 0.345 e. The molecule has 2 heterocycles. The van der Waals surface area contributed by atoms with Gasteiger partial charge in [0, 0.05) is 24.7 Å². The largest absolute Gasteiger partial charge is 0.422 e. The molecule has 4 aromatic rings. The lowest BCUT2D eigenvalue weighted by atomic mass is 10.1. The lowest BCUT2D eigenvalue weighted by molar-refractivity contribution is 0.0984. The van der Waals surface area contributed by atoms with Gasteiger partial charge in [0.05, 0.1) is 10.9 Å². The number of carbonyl (C=O) groups is 1. The summed E-state index contributed by atoms with van der Waals surface area (Å²) in [6, 6.07) is 15.1. The van der Waals surface area contributed by atoms with Crippen molar-refractivity contribution in [3.8, 4) is 0 Å². The van der Waals surface area contributed by atoms with E-state index in [-0.39, 0.29) is 5.91 Å². The van der Waals surface area contributed by atoms with E-state index in [1.54, 1.807) is 24.1 Å². The maximum absolute atomic E-state index is 13.4. The normalized spacial score (nSPS) is 11.3. The van der Waals surface area contributed by atoms with Crippen LogP contribution in [0, 0.1) is 13.8 Å². The van der Waals surface area contributed by atoms with E-state index in [1.807, 2.05) is 61.7 Å². The maximum atomic E-state index is 13.4. The van der Waals surface area contributed by atoms with Gasteiger partial charge in [-0.15, -0.1) is 0 Å². The van der Waals surface area contributed by atoms with Gasteiger partial charge < -0.3 is 13.9 Å². The van der Waals surface area contributed by atoms with Crippen molar-refractivity contribution < 1.29 is 9.21 Å². The van der Waals surface area contributed by atoms with E-state index in [0.717, 1.165) is 27.7 Å². The molecule has 0 aliphatic carbocycles. The van der Waals surface area contributed by atoms with Gasteiger partial charge in [0.2, 0.25) is 0 Å². The van der Waals surface area contributed by atoms with Crippen molar-refractivity contribution in [3.63, 3.8) is 0 Å². The molecule has 0 N–H and O–H groups in total. The lowest BCUT2D eigenvalue weighted by Gasteiger charge is -2.21. The van der Waals surface area contributed by atoms with Gasteiger partial charge in [-0.25, -0.2) is 4.79 Å². The van der Waals surface area contributed by atoms with Crippen molar-refractivity contribution in [2.75, 3.05) is 11.9 Å². The van der Waals surface area contributed by atoms with E-state index in [2.05, 4.69) is 0 Å². The minimum Gasteiger partial charge on any atom is -0.422 e. The number of hydrogen-bond donors (Lipinski definition) is 0. The summed E-state index contributed by atoms with van der Waals surface area (Å²) in [7, 11) is 1.77. The van der Waals surface area contributed by atoms with Gasteiger partial charge >= 0.3 is 5.63 Å². The highest BCUT2D eigenvalue weighted by molar-refractivity contribution is 6.11. The van der Waals surface area contributed by atoms with Crippen molar-refractivity contribution in [3.05, 3.63) is 75.8 Å². The third-order valence-corrected chi connectivity index (χ3v) is 5.23. The Hall–Kier alpha value is -3.34. The molecule has 0 saturated heterocycles. The molecule has 1 amide bonds. The molecule has 0 fully saturated rings. The van der Waals surface area contributed by atoms with Gasteiger partial charge in [-0.2, -0.15) is 0 Å². The van der Waals surface area contributed by atoms with Crippen LogP contribution in [0.4, 0.5) is 5.69 Å². The van der Waals surface area contributed by atoms with Crippen LogP contribution < -0.4 is 10.5 Å². The number of rotatable bonds is 3. The molecule has 2 aromatic heterocycles. The summed E-state index contributed by atoms with van der Waals surface area (Å²) in [5, 5.41) is 1.26. The van der Waals surface area contributed by atoms with E-state index in [9.17, 15) is 9.59 Å². The number of fused-ring (bicyclic) bond motifs is 3. The first-order valence-corrected chi connectivity index (χ1v) is 9.32. The molecule has 0 aliphatic rings. The number of anilines is 1. The fourth-order valence-corrected chi connectivity index (χ4v) is 3.77. The van der Waals surface area contributed by atoms with Crippen LogP contribution >= 0.6 is 0 Å². The van der Waals surface area contributed by atoms with Crippen molar-refractivity contribution in [2.45, 2.75) is 27.3 Å². The Morgan fingerprint density at radius 2 is 1.82 bits per heavy atom. The summed E-state index contributed by atoms with van der Waals surface area (Å²) in [4.78, 5) is 27.6. The molecule has 142 valence electrons. The van der Waals surface area contributed by atoms with Crippen molar-refractivity contribution in [1.29, 1.82) is 0 Å². The lowest BCUT2D eigenvalue weighted by Crippen LogP contribution is -2.29. The van der Waals surface area contributed by atoms with Gasteiger partial charge in [0.25, 0.3) is 5.91 Å². The van der Waals surface area contributed by atoms with Gasteiger partial charge in [0.15, 0.2) is 0 Å². The molecule has 0 radical (unpaired) electrons. The first-order chi connectivity index (χ1) is 13.4. The van der Waals surface area contributed by atoms with Gasteiger partial charge in [0.1, 0.15) is 11.3 Å². The molecule has 28 heavy (non-hydrogen) atoms. The Morgan fingerprint density at radius 1 is 1.07 bits per heavy atom. The number of nitrogens with zero attached hydrogens (tertiary/aromatic N) is 2. The molecule has 4 rings (SSSR count). The minimum atomic E-state index is -0.427. The zero-order chi connectivity index (χ0) is 20.0. The summed E-state index contributed by atoms with van der Waals surface area (Å²) in [5.74, 6) is -0.157. The molecule has 5 heteroatoms. The van der Waals surface area contributed by atoms with Crippen LogP contribution in [0.1, 0.15) is 28.5 Å². The van der Waals surface area contributed by atoms with Crippen LogP contribution in [0.2, 0.25) is 0 Å². The standard InChI is InChI=1S/C23H22N2O3/c1-5-25-19(22(26)24(4)18-12-14(2)10-11-15(18)3)13-17-21(25)16-8-6-7-9-20(16)28-23(17)27/h6-13H,5H2,1-4H3. The summed E-state index contributed by atoms with van der Waals surface area (Å²) in [6.07, 6.45) is 0. The number of aryl methyl sites for hydroxylation is 3. The second-order valence-electron chi connectivity index (χ2n) is 7.08. The van der Waals surface area contributed by atoms with Crippen LogP contribution in [0.15, 0.2) is 57.7 Å². The number of hydrogen-bond acceptors (Lipinski definition) is 3. The average Bonchev–Trinajstić information content (AvgIpc) is 3.09. The Bertz CT molecular complexity index is 1280. The van der Waals surface area contributed by atoms with Gasteiger partial charge in [-0.3, -0.25) is 4.79 Å². The van der Waals surface area contributed by atoms with E-state index in [0.29, 0.717) is 23.2 Å². The monoisotopic (exact) mass is 374 g/mol. The zero-order valence-electron chi connectivity index (χ0n) is 16.4. The number of aromatic nitrogens is 1.